The predicted octanol–water partition coefficient (Wildman–Crippen LogP) is 3.44. The minimum absolute atomic E-state index is 0.207. The fourth-order valence-corrected chi connectivity index (χ4v) is 4.02. The Morgan fingerprint density at radius 1 is 1.14 bits per heavy atom. The average Bonchev–Trinajstić information content (AvgIpc) is 3.36. The molecule has 0 atom stereocenters. The lowest BCUT2D eigenvalue weighted by Crippen LogP contribution is -2.46. The van der Waals surface area contributed by atoms with Gasteiger partial charge in [0.1, 0.15) is 23.0 Å². The molecule has 0 spiro atoms. The molecule has 8 heteroatoms. The number of carbonyl (C=O) groups is 1. The van der Waals surface area contributed by atoms with Crippen molar-refractivity contribution in [2.75, 3.05) is 36.0 Å². The Labute approximate surface area is 166 Å². The zero-order valence-electron chi connectivity index (χ0n) is 15.5. The first-order valence-corrected chi connectivity index (χ1v) is 10.0. The molecule has 2 aromatic heterocycles. The van der Waals surface area contributed by atoms with Crippen LogP contribution in [0.4, 0.5) is 15.2 Å². The van der Waals surface area contributed by atoms with Crippen LogP contribution in [0.2, 0.25) is 0 Å². The summed E-state index contributed by atoms with van der Waals surface area (Å²) in [5.41, 5.74) is 1.44. The number of anilines is 2. The molecule has 6 nitrogen and oxygen atoms in total. The van der Waals surface area contributed by atoms with E-state index in [0.29, 0.717) is 12.2 Å². The number of furan rings is 1. The number of piperazine rings is 1. The molecular weight excluding hydrogens is 379 g/mol. The van der Waals surface area contributed by atoms with Gasteiger partial charge in [0.05, 0.1) is 6.54 Å². The molecule has 1 aliphatic rings. The van der Waals surface area contributed by atoms with Crippen LogP contribution < -0.4 is 15.1 Å². The molecule has 1 saturated heterocycles. The fraction of sp³-hybridized carbons (Fsp3) is 0.300. The van der Waals surface area contributed by atoms with Crippen molar-refractivity contribution in [2.45, 2.75) is 13.5 Å². The number of halogens is 1. The van der Waals surface area contributed by atoms with E-state index in [-0.39, 0.29) is 11.7 Å². The number of rotatable bonds is 5. The van der Waals surface area contributed by atoms with Crippen molar-refractivity contribution >= 4 is 28.1 Å². The smallest absolute Gasteiger partial charge is 0.271 e. The normalized spacial score (nSPS) is 14.4. The summed E-state index contributed by atoms with van der Waals surface area (Å²) in [6.07, 6.45) is 0. The largest absolute Gasteiger partial charge is 0.465 e. The number of carbonyl (C=O) groups excluding carboxylic acids is 1. The molecule has 0 aliphatic carbocycles. The standard InChI is InChI=1S/C20H21FN4O2S/c1-14-2-7-17(27-14)12-22-19(26)18-13-28-20(23-18)25-10-8-24(9-11-25)16-5-3-15(21)4-6-16/h2-7,13H,8-12H2,1H3,(H,22,26). The number of nitrogens with one attached hydrogen (secondary N) is 1. The molecule has 0 unspecified atom stereocenters. The molecule has 1 aromatic carbocycles. The maximum absolute atomic E-state index is 13.1. The Balaban J connectivity index is 1.32. The highest BCUT2D eigenvalue weighted by molar-refractivity contribution is 7.13. The number of thiazole rings is 1. The van der Waals surface area contributed by atoms with Crippen LogP contribution >= 0.6 is 11.3 Å². The van der Waals surface area contributed by atoms with Gasteiger partial charge in [-0.05, 0) is 43.3 Å². The van der Waals surface area contributed by atoms with Gasteiger partial charge in [-0.1, -0.05) is 0 Å². The van der Waals surface area contributed by atoms with Crippen LogP contribution in [-0.4, -0.2) is 37.1 Å². The monoisotopic (exact) mass is 400 g/mol. The van der Waals surface area contributed by atoms with E-state index in [4.69, 9.17) is 4.42 Å². The van der Waals surface area contributed by atoms with E-state index in [2.05, 4.69) is 20.1 Å². The average molecular weight is 400 g/mol. The summed E-state index contributed by atoms with van der Waals surface area (Å²) in [4.78, 5) is 21.2. The first kappa shape index (κ1) is 18.5. The maximum Gasteiger partial charge on any atom is 0.271 e. The summed E-state index contributed by atoms with van der Waals surface area (Å²) in [5.74, 6) is 1.11. The van der Waals surface area contributed by atoms with Gasteiger partial charge in [-0.25, -0.2) is 9.37 Å². The van der Waals surface area contributed by atoms with Gasteiger partial charge in [0.15, 0.2) is 5.13 Å². The Morgan fingerprint density at radius 3 is 2.54 bits per heavy atom. The second-order valence-electron chi connectivity index (χ2n) is 6.66. The van der Waals surface area contributed by atoms with E-state index in [1.54, 1.807) is 17.5 Å². The Bertz CT molecular complexity index is 945. The van der Waals surface area contributed by atoms with E-state index in [9.17, 15) is 9.18 Å². The molecule has 28 heavy (non-hydrogen) atoms. The Hall–Kier alpha value is -2.87. The maximum atomic E-state index is 13.1. The van der Waals surface area contributed by atoms with Crippen LogP contribution in [0.5, 0.6) is 0 Å². The minimum Gasteiger partial charge on any atom is -0.465 e. The van der Waals surface area contributed by atoms with Crippen molar-refractivity contribution in [3.05, 3.63) is 64.8 Å². The lowest BCUT2D eigenvalue weighted by molar-refractivity contribution is 0.0943. The van der Waals surface area contributed by atoms with Crippen LogP contribution in [0, 0.1) is 12.7 Å². The highest BCUT2D eigenvalue weighted by atomic mass is 32.1. The van der Waals surface area contributed by atoms with Crippen molar-refractivity contribution in [2.24, 2.45) is 0 Å². The molecule has 3 heterocycles. The third-order valence-electron chi connectivity index (χ3n) is 4.69. The number of hydrogen-bond donors (Lipinski definition) is 1. The van der Waals surface area contributed by atoms with Gasteiger partial charge in [0.2, 0.25) is 0 Å². The van der Waals surface area contributed by atoms with Gasteiger partial charge in [-0.3, -0.25) is 4.79 Å². The number of nitrogens with zero attached hydrogens (tertiary/aromatic N) is 3. The van der Waals surface area contributed by atoms with Crippen LogP contribution in [0.15, 0.2) is 46.2 Å². The van der Waals surface area contributed by atoms with Gasteiger partial charge in [0, 0.05) is 37.2 Å². The first-order chi connectivity index (χ1) is 13.6. The molecule has 1 fully saturated rings. The van der Waals surface area contributed by atoms with Crippen molar-refractivity contribution in [1.29, 1.82) is 0 Å². The topological polar surface area (TPSA) is 61.6 Å². The number of benzene rings is 1. The minimum atomic E-state index is -0.224. The third-order valence-corrected chi connectivity index (χ3v) is 5.59. The van der Waals surface area contributed by atoms with Crippen LogP contribution in [0.1, 0.15) is 22.0 Å². The summed E-state index contributed by atoms with van der Waals surface area (Å²) in [6, 6.07) is 10.3. The fourth-order valence-electron chi connectivity index (χ4n) is 3.16. The van der Waals surface area contributed by atoms with Crippen LogP contribution in [-0.2, 0) is 6.54 Å². The quantitative estimate of drug-likeness (QED) is 0.711. The Kier molecular flexibility index (Phi) is 5.29. The second-order valence-corrected chi connectivity index (χ2v) is 7.50. The molecule has 146 valence electrons. The summed E-state index contributed by atoms with van der Waals surface area (Å²) in [6.45, 7) is 5.47. The first-order valence-electron chi connectivity index (χ1n) is 9.13. The molecule has 4 rings (SSSR count). The Morgan fingerprint density at radius 2 is 1.86 bits per heavy atom. The molecular formula is C20H21FN4O2S. The highest BCUT2D eigenvalue weighted by Gasteiger charge is 2.21. The molecule has 1 amide bonds. The van der Waals surface area contributed by atoms with Gasteiger partial charge in [0.25, 0.3) is 5.91 Å². The van der Waals surface area contributed by atoms with E-state index in [0.717, 1.165) is 48.5 Å². The number of amides is 1. The van der Waals surface area contributed by atoms with E-state index in [1.807, 2.05) is 19.1 Å². The molecule has 1 N–H and O–H groups in total. The third kappa shape index (κ3) is 4.17. The van der Waals surface area contributed by atoms with E-state index in [1.165, 1.54) is 23.5 Å². The zero-order valence-corrected chi connectivity index (χ0v) is 16.3. The second kappa shape index (κ2) is 8.02. The number of hydrogen-bond acceptors (Lipinski definition) is 6. The molecule has 3 aromatic rings. The van der Waals surface area contributed by atoms with Crippen LogP contribution in [0.3, 0.4) is 0 Å². The number of aryl methyl sites for hydroxylation is 1. The predicted molar refractivity (Wildman–Crippen MR) is 108 cm³/mol. The van der Waals surface area contributed by atoms with E-state index < -0.39 is 0 Å². The summed E-state index contributed by atoms with van der Waals surface area (Å²) in [5, 5.41) is 5.46. The molecule has 0 radical (unpaired) electrons. The molecule has 1 aliphatic heterocycles. The lowest BCUT2D eigenvalue weighted by atomic mass is 10.2. The van der Waals surface area contributed by atoms with Gasteiger partial charge >= 0.3 is 0 Å². The van der Waals surface area contributed by atoms with Crippen molar-refractivity contribution in [3.8, 4) is 0 Å². The number of aromatic nitrogens is 1. The SMILES string of the molecule is Cc1ccc(CNC(=O)c2csc(N3CCN(c4ccc(F)cc4)CC3)n2)o1. The summed E-state index contributed by atoms with van der Waals surface area (Å²) < 4.78 is 18.5. The highest BCUT2D eigenvalue weighted by Crippen LogP contribution is 2.24. The summed E-state index contributed by atoms with van der Waals surface area (Å²) >= 11 is 1.47. The van der Waals surface area contributed by atoms with Crippen molar-refractivity contribution < 1.29 is 13.6 Å². The van der Waals surface area contributed by atoms with Gasteiger partial charge < -0.3 is 19.5 Å². The lowest BCUT2D eigenvalue weighted by Gasteiger charge is -2.36. The van der Waals surface area contributed by atoms with Gasteiger partial charge in [-0.2, -0.15) is 0 Å². The van der Waals surface area contributed by atoms with Gasteiger partial charge in [-0.15, -0.1) is 11.3 Å². The molecule has 0 saturated carbocycles. The van der Waals surface area contributed by atoms with Crippen molar-refractivity contribution in [3.63, 3.8) is 0 Å². The summed E-state index contributed by atoms with van der Waals surface area (Å²) in [7, 11) is 0. The van der Waals surface area contributed by atoms with E-state index >= 15 is 0 Å². The molecule has 0 bridgehead atoms. The van der Waals surface area contributed by atoms with Crippen LogP contribution in [0.25, 0.3) is 0 Å². The van der Waals surface area contributed by atoms with Crippen molar-refractivity contribution in [1.82, 2.24) is 10.3 Å². The zero-order chi connectivity index (χ0) is 19.5.